The summed E-state index contributed by atoms with van der Waals surface area (Å²) in [6, 6.07) is 0.329. The first-order chi connectivity index (χ1) is 6.60. The van der Waals surface area contributed by atoms with Gasteiger partial charge in [0.1, 0.15) is 0 Å². The highest BCUT2D eigenvalue weighted by Crippen LogP contribution is 2.14. The molecule has 0 aliphatic carbocycles. The molecular formula is C9H21ClN2O2S. The van der Waals surface area contributed by atoms with E-state index in [2.05, 4.69) is 5.32 Å². The minimum Gasteiger partial charge on any atom is -0.316 e. The Kier molecular flexibility index (Phi) is 6.75. The fourth-order valence-corrected chi connectivity index (χ4v) is 3.41. The number of nitrogens with zero attached hydrogens (tertiary/aromatic N) is 1. The van der Waals surface area contributed by atoms with Crippen LogP contribution in [-0.4, -0.2) is 44.7 Å². The fraction of sp³-hybridized carbons (Fsp3) is 1.00. The number of halogens is 1. The third-order valence-electron chi connectivity index (χ3n) is 2.65. The predicted molar refractivity (Wildman–Crippen MR) is 65.0 cm³/mol. The third kappa shape index (κ3) is 4.26. The maximum Gasteiger partial charge on any atom is 0.214 e. The molecule has 1 heterocycles. The maximum atomic E-state index is 11.7. The van der Waals surface area contributed by atoms with Crippen LogP contribution in [0, 0.1) is 0 Å². The van der Waals surface area contributed by atoms with E-state index in [-0.39, 0.29) is 18.2 Å². The fourth-order valence-electron chi connectivity index (χ4n) is 1.82. The molecule has 1 saturated heterocycles. The van der Waals surface area contributed by atoms with Gasteiger partial charge in [-0.2, -0.15) is 0 Å². The molecule has 1 N–H and O–H groups in total. The first-order valence-electron chi connectivity index (χ1n) is 5.25. The smallest absolute Gasteiger partial charge is 0.214 e. The van der Waals surface area contributed by atoms with Crippen LogP contribution in [0.2, 0.25) is 0 Å². The van der Waals surface area contributed by atoms with Gasteiger partial charge in [0.15, 0.2) is 0 Å². The lowest BCUT2D eigenvalue weighted by Gasteiger charge is -2.31. The van der Waals surface area contributed by atoms with Crippen molar-refractivity contribution >= 4 is 22.4 Å². The van der Waals surface area contributed by atoms with Gasteiger partial charge in [-0.05, 0) is 26.3 Å². The van der Waals surface area contributed by atoms with Crippen LogP contribution in [0.25, 0.3) is 0 Å². The second-order valence-corrected chi connectivity index (χ2v) is 5.89. The minimum atomic E-state index is -2.98. The molecule has 0 radical (unpaired) electrons. The molecule has 1 unspecified atom stereocenters. The molecule has 0 saturated carbocycles. The summed E-state index contributed by atoms with van der Waals surface area (Å²) in [7, 11) is -1.09. The molecule has 15 heavy (non-hydrogen) atoms. The molecule has 92 valence electrons. The number of hydrogen-bond donors (Lipinski definition) is 1. The SMILES string of the molecule is CCCS(=O)(=O)N1CCCC(NC)C1.Cl. The van der Waals surface area contributed by atoms with Crippen molar-refractivity contribution in [2.45, 2.75) is 32.2 Å². The van der Waals surface area contributed by atoms with Gasteiger partial charge < -0.3 is 5.32 Å². The summed E-state index contributed by atoms with van der Waals surface area (Å²) < 4.78 is 25.1. The van der Waals surface area contributed by atoms with Gasteiger partial charge in [-0.15, -0.1) is 12.4 Å². The first kappa shape index (κ1) is 15.2. The van der Waals surface area contributed by atoms with Crippen molar-refractivity contribution in [3.63, 3.8) is 0 Å². The Morgan fingerprint density at radius 3 is 2.67 bits per heavy atom. The first-order valence-corrected chi connectivity index (χ1v) is 6.86. The molecule has 0 aromatic carbocycles. The molecule has 6 heteroatoms. The van der Waals surface area contributed by atoms with Crippen LogP contribution in [0.5, 0.6) is 0 Å². The quantitative estimate of drug-likeness (QED) is 0.811. The lowest BCUT2D eigenvalue weighted by molar-refractivity contribution is 0.293. The van der Waals surface area contributed by atoms with E-state index >= 15 is 0 Å². The molecule has 1 atom stereocenters. The van der Waals surface area contributed by atoms with E-state index in [9.17, 15) is 8.42 Å². The zero-order valence-electron chi connectivity index (χ0n) is 9.40. The van der Waals surface area contributed by atoms with E-state index in [1.165, 1.54) is 0 Å². The predicted octanol–water partition coefficient (Wildman–Crippen LogP) is 0.832. The van der Waals surface area contributed by atoms with Gasteiger partial charge in [-0.1, -0.05) is 6.92 Å². The van der Waals surface area contributed by atoms with E-state index in [0.29, 0.717) is 25.6 Å². The van der Waals surface area contributed by atoms with E-state index in [1.807, 2.05) is 14.0 Å². The van der Waals surface area contributed by atoms with E-state index in [4.69, 9.17) is 0 Å². The van der Waals surface area contributed by atoms with Gasteiger partial charge in [0.25, 0.3) is 0 Å². The summed E-state index contributed by atoms with van der Waals surface area (Å²) >= 11 is 0. The van der Waals surface area contributed by atoms with Crippen molar-refractivity contribution < 1.29 is 8.42 Å². The van der Waals surface area contributed by atoms with Gasteiger partial charge in [0.05, 0.1) is 5.75 Å². The number of nitrogens with one attached hydrogen (secondary N) is 1. The van der Waals surface area contributed by atoms with Crippen LogP contribution in [0.3, 0.4) is 0 Å². The van der Waals surface area contributed by atoms with Gasteiger partial charge in [-0.25, -0.2) is 12.7 Å². The van der Waals surface area contributed by atoms with E-state index < -0.39 is 10.0 Å². The highest BCUT2D eigenvalue weighted by molar-refractivity contribution is 7.89. The van der Waals surface area contributed by atoms with Crippen LogP contribution in [-0.2, 0) is 10.0 Å². The molecule has 1 aliphatic heterocycles. The van der Waals surface area contributed by atoms with Gasteiger partial charge >= 0.3 is 0 Å². The zero-order valence-corrected chi connectivity index (χ0v) is 11.0. The third-order valence-corrected chi connectivity index (χ3v) is 4.69. The molecule has 0 aromatic heterocycles. The number of hydrogen-bond acceptors (Lipinski definition) is 3. The van der Waals surface area contributed by atoms with Gasteiger partial charge in [-0.3, -0.25) is 0 Å². The Morgan fingerprint density at radius 2 is 2.13 bits per heavy atom. The van der Waals surface area contributed by atoms with Crippen molar-refractivity contribution in [3.05, 3.63) is 0 Å². The van der Waals surface area contributed by atoms with E-state index in [0.717, 1.165) is 12.8 Å². The number of rotatable bonds is 4. The van der Waals surface area contributed by atoms with Crippen LogP contribution in [0.4, 0.5) is 0 Å². The van der Waals surface area contributed by atoms with Crippen molar-refractivity contribution in [1.29, 1.82) is 0 Å². The lowest BCUT2D eigenvalue weighted by atomic mass is 10.1. The maximum absolute atomic E-state index is 11.7. The molecule has 1 rings (SSSR count). The van der Waals surface area contributed by atoms with Crippen molar-refractivity contribution in [1.82, 2.24) is 9.62 Å². The van der Waals surface area contributed by atoms with Crippen molar-refractivity contribution in [2.24, 2.45) is 0 Å². The van der Waals surface area contributed by atoms with E-state index in [1.54, 1.807) is 4.31 Å². The number of likely N-dealkylation sites (N-methyl/N-ethyl adjacent to an activating group) is 1. The molecule has 1 aliphatic rings. The summed E-state index contributed by atoms with van der Waals surface area (Å²) in [6.07, 6.45) is 2.74. The normalized spacial score (nSPS) is 23.5. The standard InChI is InChI=1S/C9H20N2O2S.ClH/c1-3-7-14(12,13)11-6-4-5-9(8-11)10-2;/h9-10H,3-8H2,1-2H3;1H. The average Bonchev–Trinajstić information content (AvgIpc) is 2.18. The lowest BCUT2D eigenvalue weighted by Crippen LogP contribution is -2.47. The summed E-state index contributed by atoms with van der Waals surface area (Å²) in [4.78, 5) is 0. The highest BCUT2D eigenvalue weighted by Gasteiger charge is 2.27. The summed E-state index contributed by atoms with van der Waals surface area (Å²) in [5.74, 6) is 0.281. The second kappa shape index (κ2) is 6.68. The summed E-state index contributed by atoms with van der Waals surface area (Å²) in [5, 5.41) is 3.14. The van der Waals surface area contributed by atoms with Gasteiger partial charge in [0, 0.05) is 19.1 Å². The number of sulfonamides is 1. The Balaban J connectivity index is 0.00000196. The summed E-state index contributed by atoms with van der Waals surface area (Å²) in [6.45, 7) is 3.23. The van der Waals surface area contributed by atoms with Crippen molar-refractivity contribution in [3.8, 4) is 0 Å². The molecule has 0 amide bonds. The summed E-state index contributed by atoms with van der Waals surface area (Å²) in [5.41, 5.74) is 0. The average molecular weight is 257 g/mol. The molecule has 0 spiro atoms. The molecule has 0 aromatic rings. The Labute approximate surface area is 98.9 Å². The Hall–Kier alpha value is 0.160. The second-order valence-electron chi connectivity index (χ2n) is 3.80. The Morgan fingerprint density at radius 1 is 1.47 bits per heavy atom. The van der Waals surface area contributed by atoms with Crippen LogP contribution in [0.1, 0.15) is 26.2 Å². The Bertz CT molecular complexity index is 269. The molecule has 4 nitrogen and oxygen atoms in total. The van der Waals surface area contributed by atoms with Gasteiger partial charge in [0.2, 0.25) is 10.0 Å². The highest BCUT2D eigenvalue weighted by atomic mass is 35.5. The zero-order chi connectivity index (χ0) is 10.6. The van der Waals surface area contributed by atoms with Crippen molar-refractivity contribution in [2.75, 3.05) is 25.9 Å². The molecule has 1 fully saturated rings. The minimum absolute atomic E-state index is 0. The molecular weight excluding hydrogens is 236 g/mol. The van der Waals surface area contributed by atoms with Crippen LogP contribution in [0.15, 0.2) is 0 Å². The monoisotopic (exact) mass is 256 g/mol. The van der Waals surface area contributed by atoms with Crippen LogP contribution >= 0.6 is 12.4 Å². The number of piperidine rings is 1. The largest absolute Gasteiger partial charge is 0.316 e. The van der Waals surface area contributed by atoms with Crippen LogP contribution < -0.4 is 5.32 Å². The molecule has 0 bridgehead atoms. The topological polar surface area (TPSA) is 49.4 Å².